The molecule has 0 saturated heterocycles. The molecule has 4 aliphatic rings. The maximum Gasteiger partial charge on any atom is -0.0406 e. The average Bonchev–Trinajstić information content (AvgIpc) is 2.19. The molecule has 4 rings (SSSR count). The van der Waals surface area contributed by atoms with Gasteiger partial charge in [0.2, 0.25) is 0 Å². The van der Waals surface area contributed by atoms with E-state index in [1.807, 2.05) is 13.8 Å². The van der Waals surface area contributed by atoms with Crippen molar-refractivity contribution in [3.63, 3.8) is 0 Å². The largest absolute Gasteiger partial charge is 0.107 e. The van der Waals surface area contributed by atoms with Crippen molar-refractivity contribution < 1.29 is 0 Å². The van der Waals surface area contributed by atoms with Crippen molar-refractivity contribution in [2.24, 2.45) is 23.7 Å². The number of rotatable bonds is 0. The molecule has 4 aliphatic carbocycles. The molecule has 4 bridgehead atoms. The van der Waals surface area contributed by atoms with Crippen LogP contribution in [0.3, 0.4) is 0 Å². The Balaban J connectivity index is 0. The summed E-state index contributed by atoms with van der Waals surface area (Å²) in [4.78, 5) is 0. The zero-order chi connectivity index (χ0) is 11.3. The lowest BCUT2D eigenvalue weighted by atomic mass is 9.56. The minimum Gasteiger partial charge on any atom is -0.107 e. The Morgan fingerprint density at radius 3 is 0.882 bits per heavy atom. The van der Waals surface area contributed by atoms with E-state index in [9.17, 15) is 0 Å². The summed E-state index contributed by atoms with van der Waals surface area (Å²) in [6.45, 7) is 8.25. The Kier molecular flexibility index (Phi) is 12.5. The van der Waals surface area contributed by atoms with Gasteiger partial charge in [0.1, 0.15) is 0 Å². The van der Waals surface area contributed by atoms with Gasteiger partial charge in [0.05, 0.1) is 0 Å². The average molecular weight is 354 g/mol. The van der Waals surface area contributed by atoms with Crippen LogP contribution in [0.2, 0.25) is 0 Å². The van der Waals surface area contributed by atoms with Crippen molar-refractivity contribution in [3.05, 3.63) is 0 Å². The van der Waals surface area contributed by atoms with Crippen molar-refractivity contribution in [2.45, 2.75) is 80.1 Å². The highest BCUT2D eigenvalue weighted by Gasteiger charge is 2.41. The van der Waals surface area contributed by atoms with Crippen LogP contribution >= 0.6 is 24.0 Å². The highest BCUT2D eigenvalue weighted by Crippen LogP contribution is 2.53. The molecule has 1 heteroatoms. The maximum atomic E-state index is 2.12. The van der Waals surface area contributed by atoms with E-state index < -0.39 is 0 Å². The summed E-state index contributed by atoms with van der Waals surface area (Å²) in [7, 11) is 0. The summed E-state index contributed by atoms with van der Waals surface area (Å²) in [5.74, 6) is 4.71. The first-order valence-electron chi connectivity index (χ1n) is 7.31. The highest BCUT2D eigenvalue weighted by atomic mass is 127. The number of halogens is 1. The topological polar surface area (TPSA) is 0 Å². The molecule has 0 amide bonds. The van der Waals surface area contributed by atoms with Crippen LogP contribution in [0.15, 0.2) is 0 Å². The van der Waals surface area contributed by atoms with Gasteiger partial charge in [-0.25, -0.2) is 0 Å². The van der Waals surface area contributed by atoms with Gasteiger partial charge in [-0.05, 0) is 62.2 Å². The van der Waals surface area contributed by atoms with E-state index in [4.69, 9.17) is 0 Å². The third-order valence-electron chi connectivity index (χ3n) is 4.00. The third-order valence-corrected chi connectivity index (χ3v) is 4.00. The predicted molar refractivity (Wildman–Crippen MR) is 91.1 cm³/mol. The molecular weight excluding hydrogens is 319 g/mol. The molecule has 0 atom stereocenters. The van der Waals surface area contributed by atoms with Crippen LogP contribution in [0, 0.1) is 23.7 Å². The van der Waals surface area contributed by atoms with Gasteiger partial charge < -0.3 is 0 Å². The van der Waals surface area contributed by atoms with E-state index in [0.29, 0.717) is 0 Å². The zero-order valence-corrected chi connectivity index (χ0v) is 14.0. The third kappa shape index (κ3) is 5.94. The van der Waals surface area contributed by atoms with Crippen molar-refractivity contribution in [1.82, 2.24) is 0 Å². The SMILES string of the molecule is C.C1C2CC3CC1CC(C2)C3.CC.CCC.I. The first-order valence-corrected chi connectivity index (χ1v) is 7.31. The van der Waals surface area contributed by atoms with E-state index in [1.165, 1.54) is 30.1 Å². The van der Waals surface area contributed by atoms with E-state index in [-0.39, 0.29) is 31.4 Å². The zero-order valence-electron chi connectivity index (χ0n) is 11.7. The van der Waals surface area contributed by atoms with Crippen molar-refractivity contribution in [3.8, 4) is 0 Å². The smallest absolute Gasteiger partial charge is 0.0406 e. The molecule has 0 heterocycles. The van der Waals surface area contributed by atoms with E-state index >= 15 is 0 Å². The lowest BCUT2D eigenvalue weighted by molar-refractivity contribution is 0.0198. The Hall–Kier alpha value is 0.730. The second-order valence-corrected chi connectivity index (χ2v) is 5.59. The minimum atomic E-state index is 0. The van der Waals surface area contributed by atoms with Crippen LogP contribution in [0.4, 0.5) is 0 Å². The van der Waals surface area contributed by atoms with Crippen LogP contribution in [0.5, 0.6) is 0 Å². The molecule has 0 aromatic carbocycles. The van der Waals surface area contributed by atoms with Crippen molar-refractivity contribution >= 4 is 24.0 Å². The Morgan fingerprint density at radius 1 is 0.647 bits per heavy atom. The molecule has 4 saturated carbocycles. The molecule has 0 spiro atoms. The number of hydrogen-bond acceptors (Lipinski definition) is 0. The fourth-order valence-electron chi connectivity index (χ4n) is 3.98. The molecule has 0 aromatic heterocycles. The normalized spacial score (nSPS) is 35.3. The fraction of sp³-hybridized carbons (Fsp3) is 1.00. The van der Waals surface area contributed by atoms with Gasteiger partial charge in [-0.15, -0.1) is 24.0 Å². The molecule has 0 unspecified atom stereocenters. The second-order valence-electron chi connectivity index (χ2n) is 5.59. The fourth-order valence-corrected chi connectivity index (χ4v) is 3.98. The van der Waals surface area contributed by atoms with Crippen LogP contribution in [0.25, 0.3) is 0 Å². The van der Waals surface area contributed by atoms with Gasteiger partial charge in [0, 0.05) is 0 Å². The summed E-state index contributed by atoms with van der Waals surface area (Å²) in [5, 5.41) is 0. The minimum absolute atomic E-state index is 0. The molecule has 106 valence electrons. The highest BCUT2D eigenvalue weighted by molar-refractivity contribution is 14.0. The quantitative estimate of drug-likeness (QED) is 0.434. The van der Waals surface area contributed by atoms with Crippen LogP contribution in [-0.4, -0.2) is 0 Å². The summed E-state index contributed by atoms with van der Waals surface area (Å²) >= 11 is 0. The van der Waals surface area contributed by atoms with Crippen molar-refractivity contribution in [1.29, 1.82) is 0 Å². The van der Waals surface area contributed by atoms with Crippen LogP contribution in [-0.2, 0) is 0 Å². The molecule has 0 nitrogen and oxygen atoms in total. The Bertz CT molecular complexity index is 108. The van der Waals surface area contributed by atoms with E-state index in [2.05, 4.69) is 13.8 Å². The molecule has 0 aromatic rings. The molecule has 17 heavy (non-hydrogen) atoms. The monoisotopic (exact) mass is 354 g/mol. The summed E-state index contributed by atoms with van der Waals surface area (Å²) in [6.07, 6.45) is 10.9. The Labute approximate surface area is 127 Å². The van der Waals surface area contributed by atoms with Gasteiger partial charge in [-0.3, -0.25) is 0 Å². The molecule has 0 radical (unpaired) electrons. The van der Waals surface area contributed by atoms with Crippen LogP contribution < -0.4 is 0 Å². The Morgan fingerprint density at radius 2 is 0.765 bits per heavy atom. The molecule has 4 fully saturated rings. The predicted octanol–water partition coefficient (Wildman–Crippen LogP) is 6.53. The second kappa shape index (κ2) is 10.6. The summed E-state index contributed by atoms with van der Waals surface area (Å²) in [6, 6.07) is 0. The van der Waals surface area contributed by atoms with Crippen LogP contribution in [0.1, 0.15) is 80.1 Å². The lowest BCUT2D eigenvalue weighted by Crippen LogP contribution is -2.38. The number of hydrogen-bond donors (Lipinski definition) is 0. The van der Waals surface area contributed by atoms with Crippen molar-refractivity contribution in [2.75, 3.05) is 0 Å². The summed E-state index contributed by atoms with van der Waals surface area (Å²) in [5.41, 5.74) is 0. The van der Waals surface area contributed by atoms with Gasteiger partial charge in [-0.1, -0.05) is 41.5 Å². The first-order chi connectivity index (χ1) is 7.31. The van der Waals surface area contributed by atoms with Gasteiger partial charge in [0.15, 0.2) is 0 Å². The van der Waals surface area contributed by atoms with Gasteiger partial charge >= 0.3 is 0 Å². The standard InChI is InChI=1S/C10H16.C3H8.C2H6.CH4.HI/c1-7-2-9-4-8(1)5-10(3-7)6-9;1-3-2;1-2;;/h7-10H,1-6H2;3H2,1-2H3;1-2H3;1H4;1H. The van der Waals surface area contributed by atoms with E-state index in [0.717, 1.165) is 0 Å². The molecule has 0 aliphatic heterocycles. The maximum absolute atomic E-state index is 2.12. The lowest BCUT2D eigenvalue weighted by Gasteiger charge is -2.49. The molecular formula is C16H35I. The van der Waals surface area contributed by atoms with E-state index in [1.54, 1.807) is 38.5 Å². The van der Waals surface area contributed by atoms with Gasteiger partial charge in [0.25, 0.3) is 0 Å². The van der Waals surface area contributed by atoms with Gasteiger partial charge in [-0.2, -0.15) is 0 Å². The molecule has 0 N–H and O–H groups in total. The first kappa shape index (κ1) is 20.1. The summed E-state index contributed by atoms with van der Waals surface area (Å²) < 4.78 is 0.